The predicted octanol–water partition coefficient (Wildman–Crippen LogP) is 1.32. The van der Waals surface area contributed by atoms with E-state index >= 15 is 0 Å². The van der Waals surface area contributed by atoms with Crippen LogP contribution >= 0.6 is 0 Å². The van der Waals surface area contributed by atoms with E-state index in [9.17, 15) is 8.22 Å². The van der Waals surface area contributed by atoms with Gasteiger partial charge >= 0.3 is 9.46 Å². The molecule has 1 rings (SSSR count). The molecule has 1 aromatic carbocycles. The van der Waals surface area contributed by atoms with Gasteiger partial charge in [-0.1, -0.05) is 30.3 Å². The Labute approximate surface area is 54.1 Å². The monoisotopic (exact) mass is 143 g/mol. The van der Waals surface area contributed by atoms with Crippen molar-refractivity contribution in [2.75, 3.05) is 0 Å². The molecule has 0 atom stereocenters. The third-order valence-electron chi connectivity index (χ3n) is 0.992. The summed E-state index contributed by atoms with van der Waals surface area (Å²) < 4.78 is 23.7. The van der Waals surface area contributed by atoms with E-state index in [0.717, 1.165) is 0 Å². The Morgan fingerprint density at radius 2 is 1.56 bits per heavy atom. The van der Waals surface area contributed by atoms with Gasteiger partial charge < -0.3 is 0 Å². The van der Waals surface area contributed by atoms with Crippen LogP contribution in [0, 0.1) is 0 Å². The van der Waals surface area contributed by atoms with Gasteiger partial charge in [0.05, 0.1) is 0 Å². The summed E-state index contributed by atoms with van der Waals surface area (Å²) >= 11 is 0. The van der Waals surface area contributed by atoms with Crippen molar-refractivity contribution in [3.63, 3.8) is 0 Å². The van der Waals surface area contributed by atoms with Crippen molar-refractivity contribution in [1.29, 1.82) is 0 Å². The maximum atomic E-state index is 11.9. The van der Waals surface area contributed by atoms with E-state index in [-0.39, 0.29) is 5.19 Å². The fourth-order valence-corrected chi connectivity index (χ4v) is 1.01. The van der Waals surface area contributed by atoms with Crippen LogP contribution < -0.4 is 5.19 Å². The van der Waals surface area contributed by atoms with Crippen LogP contribution in [-0.4, -0.2) is 9.46 Å². The van der Waals surface area contributed by atoms with Gasteiger partial charge in [0.1, 0.15) is 0 Å². The van der Waals surface area contributed by atoms with Gasteiger partial charge in [-0.15, -0.1) is 0 Å². The first-order valence-electron chi connectivity index (χ1n) is 2.54. The third kappa shape index (κ3) is 1.60. The molecule has 0 saturated heterocycles. The van der Waals surface area contributed by atoms with Crippen molar-refractivity contribution < 1.29 is 8.22 Å². The summed E-state index contributed by atoms with van der Waals surface area (Å²) in [6.45, 7) is 0. The molecule has 0 saturated carbocycles. The van der Waals surface area contributed by atoms with E-state index in [1.54, 1.807) is 18.2 Å². The molecule has 1 aromatic rings. The van der Waals surface area contributed by atoms with Gasteiger partial charge in [-0.2, -0.15) is 0 Å². The number of rotatable bonds is 1. The van der Waals surface area contributed by atoms with Crippen molar-refractivity contribution in [2.45, 2.75) is 0 Å². The van der Waals surface area contributed by atoms with E-state index < -0.39 is 9.46 Å². The standard InChI is InChI=1S/C6H5F2Si/c7-9(8)6-4-2-1-3-5-6/h1-5H. The predicted molar refractivity (Wildman–Crippen MR) is 34.0 cm³/mol. The number of benzene rings is 1. The molecule has 0 heterocycles. The lowest BCUT2D eigenvalue weighted by Gasteiger charge is -1.90. The van der Waals surface area contributed by atoms with Gasteiger partial charge in [-0.05, 0) is 0 Å². The molecule has 0 fully saturated rings. The minimum absolute atomic E-state index is 0.183. The zero-order valence-electron chi connectivity index (χ0n) is 4.64. The normalized spacial score (nSPS) is 10.1. The highest BCUT2D eigenvalue weighted by Crippen LogP contribution is 1.89. The highest BCUT2D eigenvalue weighted by molar-refractivity contribution is 6.59. The molecule has 47 valence electrons. The first-order chi connectivity index (χ1) is 4.30. The lowest BCUT2D eigenvalue weighted by atomic mass is 10.4. The Morgan fingerprint density at radius 1 is 1.00 bits per heavy atom. The number of halogens is 2. The van der Waals surface area contributed by atoms with Crippen LogP contribution in [0.2, 0.25) is 0 Å². The molecule has 0 spiro atoms. The van der Waals surface area contributed by atoms with Crippen molar-refractivity contribution >= 4 is 14.7 Å². The SMILES string of the molecule is F[Si](F)c1ccccc1. The Balaban J connectivity index is 2.85. The second kappa shape index (κ2) is 2.73. The van der Waals surface area contributed by atoms with Crippen LogP contribution in [-0.2, 0) is 0 Å². The molecule has 0 N–H and O–H groups in total. The Hall–Kier alpha value is -0.703. The molecule has 0 aliphatic heterocycles. The lowest BCUT2D eigenvalue weighted by Crippen LogP contribution is -2.18. The van der Waals surface area contributed by atoms with Gasteiger partial charge in [0.2, 0.25) is 0 Å². The summed E-state index contributed by atoms with van der Waals surface area (Å²) in [6.07, 6.45) is 0. The maximum Gasteiger partial charge on any atom is 0.511 e. The van der Waals surface area contributed by atoms with E-state index in [4.69, 9.17) is 0 Å². The van der Waals surface area contributed by atoms with Crippen molar-refractivity contribution in [3.05, 3.63) is 30.3 Å². The summed E-state index contributed by atoms with van der Waals surface area (Å²) in [5.74, 6) is 0. The van der Waals surface area contributed by atoms with E-state index in [0.29, 0.717) is 0 Å². The molecule has 0 aliphatic rings. The molecule has 3 heteroatoms. The molecule has 1 radical (unpaired) electrons. The molecular weight excluding hydrogens is 138 g/mol. The highest BCUT2D eigenvalue weighted by Gasteiger charge is 2.11. The van der Waals surface area contributed by atoms with Gasteiger partial charge in [-0.25, -0.2) is 0 Å². The summed E-state index contributed by atoms with van der Waals surface area (Å²) in [5, 5.41) is 0.183. The van der Waals surface area contributed by atoms with Crippen LogP contribution in [0.1, 0.15) is 0 Å². The molecule has 0 aromatic heterocycles. The summed E-state index contributed by atoms with van der Waals surface area (Å²) in [4.78, 5) is 0. The fourth-order valence-electron chi connectivity index (χ4n) is 0.564. The zero-order chi connectivity index (χ0) is 6.69. The fraction of sp³-hybridized carbons (Fsp3) is 0. The highest BCUT2D eigenvalue weighted by atomic mass is 28.4. The quantitative estimate of drug-likeness (QED) is 0.411. The minimum Gasteiger partial charge on any atom is -0.262 e. The Kier molecular flexibility index (Phi) is 1.95. The Bertz CT molecular complexity index is 174. The van der Waals surface area contributed by atoms with Crippen molar-refractivity contribution in [3.8, 4) is 0 Å². The van der Waals surface area contributed by atoms with E-state index in [1.807, 2.05) is 0 Å². The maximum absolute atomic E-state index is 11.9. The smallest absolute Gasteiger partial charge is 0.262 e. The molecule has 0 aliphatic carbocycles. The second-order valence-corrected chi connectivity index (χ2v) is 2.72. The van der Waals surface area contributed by atoms with Crippen LogP contribution in [0.4, 0.5) is 8.22 Å². The van der Waals surface area contributed by atoms with Crippen LogP contribution in [0.15, 0.2) is 30.3 Å². The van der Waals surface area contributed by atoms with Crippen molar-refractivity contribution in [2.24, 2.45) is 0 Å². The summed E-state index contributed by atoms with van der Waals surface area (Å²) in [5.41, 5.74) is 0. The second-order valence-electron chi connectivity index (χ2n) is 1.63. The molecule has 9 heavy (non-hydrogen) atoms. The first kappa shape index (κ1) is 6.42. The van der Waals surface area contributed by atoms with Gasteiger partial charge in [0, 0.05) is 5.19 Å². The molecule has 0 nitrogen and oxygen atoms in total. The number of hydrogen-bond donors (Lipinski definition) is 0. The first-order valence-corrected chi connectivity index (χ1v) is 3.79. The van der Waals surface area contributed by atoms with E-state index in [2.05, 4.69) is 0 Å². The summed E-state index contributed by atoms with van der Waals surface area (Å²) in [6, 6.07) is 7.88. The minimum atomic E-state index is -3.21. The average molecular weight is 143 g/mol. The van der Waals surface area contributed by atoms with E-state index in [1.165, 1.54) is 12.1 Å². The van der Waals surface area contributed by atoms with Crippen LogP contribution in [0.25, 0.3) is 0 Å². The van der Waals surface area contributed by atoms with Gasteiger partial charge in [-0.3, -0.25) is 8.22 Å². The molecule has 0 amide bonds. The number of hydrogen-bond acceptors (Lipinski definition) is 0. The third-order valence-corrected chi connectivity index (χ3v) is 1.76. The van der Waals surface area contributed by atoms with Crippen LogP contribution in [0.5, 0.6) is 0 Å². The molecular formula is C6H5F2Si. The molecule has 0 bridgehead atoms. The largest absolute Gasteiger partial charge is 0.511 e. The zero-order valence-corrected chi connectivity index (χ0v) is 5.64. The average Bonchev–Trinajstić information content (AvgIpc) is 1.90. The Morgan fingerprint density at radius 3 is 1.89 bits per heavy atom. The lowest BCUT2D eigenvalue weighted by molar-refractivity contribution is 0.685. The molecule has 0 unspecified atom stereocenters. The summed E-state index contributed by atoms with van der Waals surface area (Å²) in [7, 11) is -3.21. The van der Waals surface area contributed by atoms with Gasteiger partial charge in [0.25, 0.3) is 0 Å². The van der Waals surface area contributed by atoms with Crippen molar-refractivity contribution in [1.82, 2.24) is 0 Å². The van der Waals surface area contributed by atoms with Crippen LogP contribution in [0.3, 0.4) is 0 Å². The van der Waals surface area contributed by atoms with Gasteiger partial charge in [0.15, 0.2) is 0 Å². The topological polar surface area (TPSA) is 0 Å².